The molecule has 1 rings (SSSR count). The quantitative estimate of drug-likeness (QED) is 0.762. The summed E-state index contributed by atoms with van der Waals surface area (Å²) in [5, 5.41) is 4.84. The lowest BCUT2D eigenvalue weighted by atomic mass is 10.2. The molecule has 0 aromatic carbocycles. The van der Waals surface area contributed by atoms with Crippen LogP contribution in [0.15, 0.2) is 0 Å². The van der Waals surface area contributed by atoms with Crippen molar-refractivity contribution in [3.05, 3.63) is 0 Å². The highest BCUT2D eigenvalue weighted by molar-refractivity contribution is 5.87. The first-order valence-corrected chi connectivity index (χ1v) is 7.59. The number of alkyl carbamates (subject to hydrolysis) is 1. The van der Waals surface area contributed by atoms with Gasteiger partial charge in [0, 0.05) is 13.1 Å². The van der Waals surface area contributed by atoms with Crippen LogP contribution >= 0.6 is 0 Å². The van der Waals surface area contributed by atoms with E-state index in [0.29, 0.717) is 5.92 Å². The molecule has 1 fully saturated rings. The van der Waals surface area contributed by atoms with Gasteiger partial charge in [0.2, 0.25) is 11.8 Å². The van der Waals surface area contributed by atoms with Crippen LogP contribution in [0.4, 0.5) is 4.79 Å². The van der Waals surface area contributed by atoms with E-state index in [2.05, 4.69) is 10.6 Å². The van der Waals surface area contributed by atoms with Gasteiger partial charge in [-0.15, -0.1) is 0 Å². The third-order valence-corrected chi connectivity index (χ3v) is 3.54. The fraction of sp³-hybridized carbons (Fsp3) is 0.800. The lowest BCUT2D eigenvalue weighted by molar-refractivity contribution is -0.133. The third kappa shape index (κ3) is 6.78. The van der Waals surface area contributed by atoms with Crippen molar-refractivity contribution in [3.63, 3.8) is 0 Å². The molecule has 0 saturated heterocycles. The second-order valence-corrected chi connectivity index (χ2v) is 6.71. The molecule has 0 unspecified atom stereocenters. The molecule has 0 heterocycles. The number of hydrogen-bond acceptors (Lipinski definition) is 4. The van der Waals surface area contributed by atoms with Crippen LogP contribution in [0.1, 0.15) is 40.5 Å². The summed E-state index contributed by atoms with van der Waals surface area (Å²) in [6.45, 7) is 6.94. The molecule has 1 atom stereocenters. The van der Waals surface area contributed by atoms with Gasteiger partial charge in [0.05, 0.1) is 6.54 Å². The van der Waals surface area contributed by atoms with Crippen molar-refractivity contribution in [2.24, 2.45) is 5.92 Å². The SMILES string of the molecule is C[C@H](C1CC1)N(C)C(=O)CNC(=O)CNC(=O)OC(C)(C)C. The minimum atomic E-state index is -0.659. The summed E-state index contributed by atoms with van der Waals surface area (Å²) in [5.41, 5.74) is -0.613. The average molecular weight is 313 g/mol. The number of hydrogen-bond donors (Lipinski definition) is 2. The minimum Gasteiger partial charge on any atom is -0.444 e. The molecule has 126 valence electrons. The summed E-state index contributed by atoms with van der Waals surface area (Å²) < 4.78 is 5.01. The normalized spacial score (nSPS) is 15.7. The molecule has 7 nitrogen and oxygen atoms in total. The summed E-state index contributed by atoms with van der Waals surface area (Å²) >= 11 is 0. The number of nitrogens with one attached hydrogen (secondary N) is 2. The van der Waals surface area contributed by atoms with Crippen molar-refractivity contribution in [1.29, 1.82) is 0 Å². The van der Waals surface area contributed by atoms with Gasteiger partial charge in [0.1, 0.15) is 12.1 Å². The van der Waals surface area contributed by atoms with E-state index < -0.39 is 17.6 Å². The molecular weight excluding hydrogens is 286 g/mol. The lowest BCUT2D eigenvalue weighted by Crippen LogP contribution is -2.45. The Hall–Kier alpha value is -1.79. The molecule has 3 amide bonds. The van der Waals surface area contributed by atoms with E-state index in [4.69, 9.17) is 4.74 Å². The Morgan fingerprint density at radius 2 is 1.77 bits per heavy atom. The van der Waals surface area contributed by atoms with Gasteiger partial charge >= 0.3 is 6.09 Å². The summed E-state index contributed by atoms with van der Waals surface area (Å²) in [6.07, 6.45) is 1.66. The summed E-state index contributed by atoms with van der Waals surface area (Å²) in [6, 6.07) is 0.198. The predicted octanol–water partition coefficient (Wildman–Crippen LogP) is 0.884. The number of carbonyl (C=O) groups is 3. The van der Waals surface area contributed by atoms with Gasteiger partial charge in [0.15, 0.2) is 0 Å². The molecular formula is C15H27N3O4. The fourth-order valence-electron chi connectivity index (χ4n) is 1.95. The van der Waals surface area contributed by atoms with Crippen LogP contribution in [0.5, 0.6) is 0 Å². The van der Waals surface area contributed by atoms with Crippen LogP contribution in [0.25, 0.3) is 0 Å². The first-order valence-electron chi connectivity index (χ1n) is 7.59. The van der Waals surface area contributed by atoms with E-state index in [0.717, 1.165) is 12.8 Å². The van der Waals surface area contributed by atoms with Crippen molar-refractivity contribution in [2.45, 2.75) is 52.2 Å². The Morgan fingerprint density at radius 1 is 1.18 bits per heavy atom. The van der Waals surface area contributed by atoms with Crippen LogP contribution in [-0.2, 0) is 14.3 Å². The first kappa shape index (κ1) is 18.3. The number of nitrogens with zero attached hydrogens (tertiary/aromatic N) is 1. The number of likely N-dealkylation sites (N-methyl/N-ethyl adjacent to an activating group) is 1. The fourth-order valence-corrected chi connectivity index (χ4v) is 1.95. The molecule has 0 aromatic rings. The minimum absolute atomic E-state index is 0.0671. The largest absolute Gasteiger partial charge is 0.444 e. The molecule has 7 heteroatoms. The molecule has 0 aliphatic heterocycles. The Morgan fingerprint density at radius 3 is 2.27 bits per heavy atom. The zero-order chi connectivity index (χ0) is 16.9. The van der Waals surface area contributed by atoms with Gasteiger partial charge < -0.3 is 20.3 Å². The number of ether oxygens (including phenoxy) is 1. The van der Waals surface area contributed by atoms with E-state index in [1.807, 2.05) is 6.92 Å². The van der Waals surface area contributed by atoms with Crippen LogP contribution in [0.2, 0.25) is 0 Å². The van der Waals surface area contributed by atoms with Gasteiger partial charge in [-0.25, -0.2) is 4.79 Å². The van der Waals surface area contributed by atoms with Gasteiger partial charge in [-0.2, -0.15) is 0 Å². The smallest absolute Gasteiger partial charge is 0.408 e. The molecule has 1 saturated carbocycles. The standard InChI is InChI=1S/C15H27N3O4/c1-10(11-6-7-11)18(5)13(20)9-16-12(19)8-17-14(21)22-15(2,3)4/h10-11H,6-9H2,1-5H3,(H,16,19)(H,17,21)/t10-/m1/s1. The molecule has 0 aromatic heterocycles. The molecule has 0 bridgehead atoms. The Kier molecular flexibility index (Phi) is 6.20. The highest BCUT2D eigenvalue weighted by atomic mass is 16.6. The predicted molar refractivity (Wildman–Crippen MR) is 82.2 cm³/mol. The maximum atomic E-state index is 11.9. The summed E-state index contributed by atoms with van der Waals surface area (Å²) in [7, 11) is 1.75. The van der Waals surface area contributed by atoms with E-state index in [1.165, 1.54) is 0 Å². The maximum absolute atomic E-state index is 11.9. The zero-order valence-electron chi connectivity index (χ0n) is 14.1. The highest BCUT2D eigenvalue weighted by Gasteiger charge is 2.32. The van der Waals surface area contributed by atoms with Crippen molar-refractivity contribution < 1.29 is 19.1 Å². The third-order valence-electron chi connectivity index (χ3n) is 3.54. The summed E-state index contributed by atoms with van der Waals surface area (Å²) in [4.78, 5) is 36.6. The second kappa shape index (κ2) is 7.47. The van der Waals surface area contributed by atoms with Crippen molar-refractivity contribution in [3.8, 4) is 0 Å². The Balaban J connectivity index is 2.22. The number of rotatable bonds is 6. The van der Waals surface area contributed by atoms with Crippen LogP contribution in [0.3, 0.4) is 0 Å². The van der Waals surface area contributed by atoms with Crippen molar-refractivity contribution in [1.82, 2.24) is 15.5 Å². The van der Waals surface area contributed by atoms with Crippen LogP contribution < -0.4 is 10.6 Å². The average Bonchev–Trinajstić information content (AvgIpc) is 3.23. The van der Waals surface area contributed by atoms with Gasteiger partial charge in [0.25, 0.3) is 0 Å². The van der Waals surface area contributed by atoms with Crippen LogP contribution in [0, 0.1) is 5.92 Å². The second-order valence-electron chi connectivity index (χ2n) is 6.71. The molecule has 1 aliphatic rings. The molecule has 0 spiro atoms. The lowest BCUT2D eigenvalue weighted by Gasteiger charge is -2.25. The Labute approximate surface area is 131 Å². The Bertz CT molecular complexity index is 427. The topological polar surface area (TPSA) is 87.7 Å². The van der Waals surface area contributed by atoms with E-state index >= 15 is 0 Å². The number of amides is 3. The maximum Gasteiger partial charge on any atom is 0.408 e. The monoisotopic (exact) mass is 313 g/mol. The van der Waals surface area contributed by atoms with Gasteiger partial charge in [-0.1, -0.05) is 0 Å². The van der Waals surface area contributed by atoms with Gasteiger partial charge in [-0.3, -0.25) is 9.59 Å². The molecule has 0 radical (unpaired) electrons. The highest BCUT2D eigenvalue weighted by Crippen LogP contribution is 2.34. The molecule has 22 heavy (non-hydrogen) atoms. The summed E-state index contributed by atoms with van der Waals surface area (Å²) in [5.74, 6) is 0.0233. The molecule has 1 aliphatic carbocycles. The van der Waals surface area contributed by atoms with E-state index in [1.54, 1.807) is 32.7 Å². The van der Waals surface area contributed by atoms with E-state index in [9.17, 15) is 14.4 Å². The van der Waals surface area contributed by atoms with Crippen LogP contribution in [-0.4, -0.2) is 54.6 Å². The van der Waals surface area contributed by atoms with Crippen molar-refractivity contribution >= 4 is 17.9 Å². The molecule has 2 N–H and O–H groups in total. The van der Waals surface area contributed by atoms with E-state index in [-0.39, 0.29) is 25.0 Å². The first-order chi connectivity index (χ1) is 10.1. The number of carbonyl (C=O) groups excluding carboxylic acids is 3. The van der Waals surface area contributed by atoms with Crippen molar-refractivity contribution in [2.75, 3.05) is 20.1 Å². The zero-order valence-corrected chi connectivity index (χ0v) is 14.1. The van der Waals surface area contributed by atoms with Gasteiger partial charge in [-0.05, 0) is 46.5 Å².